The third kappa shape index (κ3) is 4.61. The summed E-state index contributed by atoms with van der Waals surface area (Å²) in [4.78, 5) is 34.8. The highest BCUT2D eigenvalue weighted by Gasteiger charge is 2.26. The minimum atomic E-state index is -0.327. The minimum absolute atomic E-state index is 0.0690. The molecule has 1 aromatic carbocycles. The van der Waals surface area contributed by atoms with E-state index in [4.69, 9.17) is 9.47 Å². The van der Waals surface area contributed by atoms with Crippen molar-refractivity contribution in [3.05, 3.63) is 29.1 Å². The fourth-order valence-corrected chi connectivity index (χ4v) is 3.88. The molecule has 0 bridgehead atoms. The molecule has 9 heteroatoms. The third-order valence-corrected chi connectivity index (χ3v) is 5.70. The van der Waals surface area contributed by atoms with Gasteiger partial charge < -0.3 is 24.2 Å². The Hall–Kier alpha value is -2.81. The molecule has 29 heavy (non-hydrogen) atoms. The van der Waals surface area contributed by atoms with Crippen LogP contribution in [0.4, 0.5) is 9.93 Å². The van der Waals surface area contributed by atoms with Gasteiger partial charge in [-0.25, -0.2) is 9.78 Å². The number of amides is 2. The number of rotatable bonds is 5. The van der Waals surface area contributed by atoms with Gasteiger partial charge in [-0.15, -0.1) is 11.3 Å². The normalized spacial score (nSPS) is 13.9. The molecule has 1 aromatic heterocycles. The zero-order chi connectivity index (χ0) is 21.0. The van der Waals surface area contributed by atoms with Gasteiger partial charge in [0.2, 0.25) is 0 Å². The Kier molecular flexibility index (Phi) is 6.58. The molecule has 1 aliphatic heterocycles. The molecule has 1 fully saturated rings. The average molecular weight is 419 g/mol. The highest BCUT2D eigenvalue weighted by Crippen LogP contribution is 2.34. The number of aromatic nitrogens is 1. The summed E-state index contributed by atoms with van der Waals surface area (Å²) in [7, 11) is 5.49. The molecule has 1 aliphatic rings. The van der Waals surface area contributed by atoms with Crippen molar-refractivity contribution >= 4 is 28.5 Å². The topological polar surface area (TPSA) is 75.2 Å². The molecule has 0 unspecified atom stereocenters. The standard InChI is InChI=1S/C20H26N4O4S/c1-5-28-20(26)24-10-8-23(9-11-24)18(25)14-6-7-17(27-4)15(12-14)16-13-29-19(21-16)22(2)3/h6-7,12-13H,5,8-11H2,1-4H3. The van der Waals surface area contributed by atoms with Gasteiger partial charge in [0.1, 0.15) is 5.75 Å². The summed E-state index contributed by atoms with van der Waals surface area (Å²) < 4.78 is 10.5. The molecule has 2 amide bonds. The second-order valence-electron chi connectivity index (χ2n) is 6.80. The lowest BCUT2D eigenvalue weighted by molar-refractivity contribution is 0.0570. The molecule has 0 aliphatic carbocycles. The second-order valence-corrected chi connectivity index (χ2v) is 7.64. The number of piperazine rings is 1. The number of carbonyl (C=O) groups excluding carboxylic acids is 2. The Labute approximate surface area is 174 Å². The van der Waals surface area contributed by atoms with Crippen LogP contribution in [0.5, 0.6) is 5.75 Å². The molecule has 1 saturated heterocycles. The van der Waals surface area contributed by atoms with Crippen LogP contribution >= 0.6 is 11.3 Å². The van der Waals surface area contributed by atoms with Gasteiger partial charge in [-0.05, 0) is 25.1 Å². The number of anilines is 1. The maximum absolute atomic E-state index is 13.0. The Morgan fingerprint density at radius 1 is 1.17 bits per heavy atom. The molecule has 0 atom stereocenters. The van der Waals surface area contributed by atoms with Gasteiger partial charge in [-0.3, -0.25) is 4.79 Å². The Morgan fingerprint density at radius 3 is 2.45 bits per heavy atom. The molecule has 3 rings (SSSR count). The maximum Gasteiger partial charge on any atom is 0.409 e. The van der Waals surface area contributed by atoms with Gasteiger partial charge in [0.25, 0.3) is 5.91 Å². The lowest BCUT2D eigenvalue weighted by Gasteiger charge is -2.34. The van der Waals surface area contributed by atoms with E-state index in [1.807, 2.05) is 30.4 Å². The number of methoxy groups -OCH3 is 1. The monoisotopic (exact) mass is 418 g/mol. The molecular formula is C20H26N4O4S. The predicted octanol–water partition coefficient (Wildman–Crippen LogP) is 2.80. The number of hydrogen-bond acceptors (Lipinski definition) is 7. The molecule has 8 nitrogen and oxygen atoms in total. The van der Waals surface area contributed by atoms with Crippen LogP contribution in [-0.4, -0.2) is 80.8 Å². The van der Waals surface area contributed by atoms with Crippen molar-refractivity contribution in [2.24, 2.45) is 0 Å². The smallest absolute Gasteiger partial charge is 0.409 e. The fourth-order valence-electron chi connectivity index (χ4n) is 3.12. The SMILES string of the molecule is CCOC(=O)N1CCN(C(=O)c2ccc(OC)c(-c3csc(N(C)C)n3)c2)CC1. The van der Waals surface area contributed by atoms with Gasteiger partial charge >= 0.3 is 6.09 Å². The van der Waals surface area contributed by atoms with Crippen LogP contribution in [-0.2, 0) is 4.74 Å². The lowest BCUT2D eigenvalue weighted by Crippen LogP contribution is -2.50. The number of hydrogen-bond donors (Lipinski definition) is 0. The Morgan fingerprint density at radius 2 is 1.86 bits per heavy atom. The third-order valence-electron chi connectivity index (χ3n) is 4.69. The summed E-state index contributed by atoms with van der Waals surface area (Å²) in [5, 5.41) is 2.84. The molecule has 2 heterocycles. The van der Waals surface area contributed by atoms with E-state index in [0.717, 1.165) is 16.4 Å². The van der Waals surface area contributed by atoms with E-state index >= 15 is 0 Å². The van der Waals surface area contributed by atoms with E-state index < -0.39 is 0 Å². The van der Waals surface area contributed by atoms with Crippen LogP contribution in [0, 0.1) is 0 Å². The summed E-state index contributed by atoms with van der Waals surface area (Å²) in [6.45, 7) is 4.00. The van der Waals surface area contributed by atoms with Crippen molar-refractivity contribution < 1.29 is 19.1 Å². The maximum atomic E-state index is 13.0. The van der Waals surface area contributed by atoms with E-state index in [-0.39, 0.29) is 12.0 Å². The van der Waals surface area contributed by atoms with E-state index in [1.54, 1.807) is 36.0 Å². The second kappa shape index (κ2) is 9.13. The van der Waals surface area contributed by atoms with Crippen LogP contribution in [0.1, 0.15) is 17.3 Å². The number of thiazole rings is 1. The molecule has 2 aromatic rings. The van der Waals surface area contributed by atoms with E-state index in [0.29, 0.717) is 44.1 Å². The minimum Gasteiger partial charge on any atom is -0.496 e. The highest BCUT2D eigenvalue weighted by molar-refractivity contribution is 7.14. The van der Waals surface area contributed by atoms with Crippen LogP contribution in [0.15, 0.2) is 23.6 Å². The van der Waals surface area contributed by atoms with Crippen molar-refractivity contribution in [1.29, 1.82) is 0 Å². The molecule has 0 spiro atoms. The largest absolute Gasteiger partial charge is 0.496 e. The molecule has 0 saturated carbocycles. The Balaban J connectivity index is 1.77. The van der Waals surface area contributed by atoms with Gasteiger partial charge in [0.15, 0.2) is 5.13 Å². The molecular weight excluding hydrogens is 392 g/mol. The van der Waals surface area contributed by atoms with Gasteiger partial charge in [0, 0.05) is 56.8 Å². The van der Waals surface area contributed by atoms with Crippen molar-refractivity contribution in [3.63, 3.8) is 0 Å². The van der Waals surface area contributed by atoms with E-state index in [2.05, 4.69) is 4.98 Å². The van der Waals surface area contributed by atoms with Crippen molar-refractivity contribution in [1.82, 2.24) is 14.8 Å². The van der Waals surface area contributed by atoms with Crippen LogP contribution in [0.25, 0.3) is 11.3 Å². The van der Waals surface area contributed by atoms with Crippen molar-refractivity contribution in [2.45, 2.75) is 6.92 Å². The Bertz CT molecular complexity index is 875. The van der Waals surface area contributed by atoms with Crippen LogP contribution < -0.4 is 9.64 Å². The van der Waals surface area contributed by atoms with Crippen molar-refractivity contribution in [3.8, 4) is 17.0 Å². The first kappa shape index (κ1) is 20.9. The average Bonchev–Trinajstić information content (AvgIpc) is 3.23. The quantitative estimate of drug-likeness (QED) is 0.743. The predicted molar refractivity (Wildman–Crippen MR) is 113 cm³/mol. The fraction of sp³-hybridized carbons (Fsp3) is 0.450. The highest BCUT2D eigenvalue weighted by atomic mass is 32.1. The van der Waals surface area contributed by atoms with Crippen LogP contribution in [0.3, 0.4) is 0 Å². The summed E-state index contributed by atoms with van der Waals surface area (Å²) >= 11 is 1.54. The first-order valence-electron chi connectivity index (χ1n) is 9.46. The first-order chi connectivity index (χ1) is 13.9. The molecule has 0 radical (unpaired) electrons. The number of carbonyl (C=O) groups is 2. The summed E-state index contributed by atoms with van der Waals surface area (Å²) in [5.74, 6) is 0.602. The number of nitrogens with zero attached hydrogens (tertiary/aromatic N) is 4. The summed E-state index contributed by atoms with van der Waals surface area (Å²) in [5.41, 5.74) is 2.13. The summed E-state index contributed by atoms with van der Waals surface area (Å²) in [6.07, 6.45) is -0.327. The number of ether oxygens (including phenoxy) is 2. The zero-order valence-electron chi connectivity index (χ0n) is 17.2. The van der Waals surface area contributed by atoms with Crippen LogP contribution in [0.2, 0.25) is 0 Å². The van der Waals surface area contributed by atoms with Crippen molar-refractivity contribution in [2.75, 3.05) is 58.9 Å². The molecule has 156 valence electrons. The number of benzene rings is 1. The zero-order valence-corrected chi connectivity index (χ0v) is 18.0. The first-order valence-corrected chi connectivity index (χ1v) is 10.3. The summed E-state index contributed by atoms with van der Waals surface area (Å²) in [6, 6.07) is 5.39. The van der Waals surface area contributed by atoms with Gasteiger partial charge in [-0.2, -0.15) is 0 Å². The van der Waals surface area contributed by atoms with E-state index in [1.165, 1.54) is 11.3 Å². The lowest BCUT2D eigenvalue weighted by atomic mass is 10.1. The van der Waals surface area contributed by atoms with E-state index in [9.17, 15) is 9.59 Å². The van der Waals surface area contributed by atoms with Gasteiger partial charge in [-0.1, -0.05) is 0 Å². The van der Waals surface area contributed by atoms with Gasteiger partial charge in [0.05, 0.1) is 19.4 Å². The molecule has 0 N–H and O–H groups in total.